The van der Waals surface area contributed by atoms with Crippen molar-refractivity contribution >= 4 is 11.8 Å². The van der Waals surface area contributed by atoms with E-state index in [1.807, 2.05) is 18.9 Å². The predicted octanol–water partition coefficient (Wildman–Crippen LogP) is 2.62. The number of nitrogens with zero attached hydrogens (tertiary/aromatic N) is 2. The molecule has 0 bridgehead atoms. The molecule has 1 heterocycles. The zero-order chi connectivity index (χ0) is 12.3. The van der Waals surface area contributed by atoms with Crippen molar-refractivity contribution in [1.29, 1.82) is 0 Å². The fourth-order valence-electron chi connectivity index (χ4n) is 3.30. The molecule has 0 radical (unpaired) electrons. The molecule has 0 aromatic rings. The summed E-state index contributed by atoms with van der Waals surface area (Å²) in [6, 6.07) is 0. The van der Waals surface area contributed by atoms with E-state index in [0.717, 1.165) is 25.8 Å². The van der Waals surface area contributed by atoms with Gasteiger partial charge < -0.3 is 4.74 Å². The molecule has 1 spiro atoms. The number of amides is 1. The number of aliphatic imine (C=N–C) groups is 1. The number of hydrogen-bond donors (Lipinski definition) is 0. The van der Waals surface area contributed by atoms with Gasteiger partial charge in [0, 0.05) is 25.7 Å². The molecule has 1 amide bonds. The summed E-state index contributed by atoms with van der Waals surface area (Å²) in [5.41, 5.74) is 1.09. The summed E-state index contributed by atoms with van der Waals surface area (Å²) in [6.45, 7) is 3.08. The van der Waals surface area contributed by atoms with Crippen molar-refractivity contribution in [2.24, 2.45) is 4.99 Å². The minimum Gasteiger partial charge on any atom is -0.450 e. The molecule has 96 valence electrons. The SMILES string of the molecule is CCOC(=O)N1CCC(=NC)C12CCCCC2. The molecule has 17 heavy (non-hydrogen) atoms. The number of ether oxygens (including phenoxy) is 1. The van der Waals surface area contributed by atoms with Crippen LogP contribution in [0, 0.1) is 0 Å². The van der Waals surface area contributed by atoms with Crippen LogP contribution in [0.25, 0.3) is 0 Å². The fraction of sp³-hybridized carbons (Fsp3) is 0.846. The number of rotatable bonds is 1. The van der Waals surface area contributed by atoms with Crippen molar-refractivity contribution in [2.45, 2.75) is 51.0 Å². The summed E-state index contributed by atoms with van der Waals surface area (Å²) >= 11 is 0. The maximum Gasteiger partial charge on any atom is 0.410 e. The number of carbonyl (C=O) groups is 1. The topological polar surface area (TPSA) is 41.9 Å². The van der Waals surface area contributed by atoms with Gasteiger partial charge in [-0.15, -0.1) is 0 Å². The van der Waals surface area contributed by atoms with Crippen LogP contribution >= 0.6 is 0 Å². The normalized spacial score (nSPS) is 25.5. The van der Waals surface area contributed by atoms with Crippen molar-refractivity contribution in [3.63, 3.8) is 0 Å². The van der Waals surface area contributed by atoms with E-state index in [2.05, 4.69) is 4.99 Å². The van der Waals surface area contributed by atoms with Crippen molar-refractivity contribution in [3.8, 4) is 0 Å². The highest BCUT2D eigenvalue weighted by Crippen LogP contribution is 2.40. The zero-order valence-corrected chi connectivity index (χ0v) is 10.9. The summed E-state index contributed by atoms with van der Waals surface area (Å²) in [4.78, 5) is 18.4. The third kappa shape index (κ3) is 2.05. The molecule has 2 fully saturated rings. The highest BCUT2D eigenvalue weighted by Gasteiger charge is 2.49. The Morgan fingerprint density at radius 3 is 2.71 bits per heavy atom. The molecule has 4 nitrogen and oxygen atoms in total. The molecule has 0 aromatic heterocycles. The lowest BCUT2D eigenvalue weighted by Crippen LogP contribution is -2.52. The van der Waals surface area contributed by atoms with E-state index in [0.29, 0.717) is 6.61 Å². The number of carbonyl (C=O) groups excluding carboxylic acids is 1. The van der Waals surface area contributed by atoms with E-state index >= 15 is 0 Å². The van der Waals surface area contributed by atoms with Crippen LogP contribution in [0.5, 0.6) is 0 Å². The van der Waals surface area contributed by atoms with Crippen molar-refractivity contribution in [1.82, 2.24) is 4.90 Å². The molecule has 0 N–H and O–H groups in total. The maximum absolute atomic E-state index is 12.0. The Bertz CT molecular complexity index is 319. The highest BCUT2D eigenvalue weighted by molar-refractivity contribution is 5.99. The van der Waals surface area contributed by atoms with Crippen LogP contribution < -0.4 is 0 Å². The molecule has 1 aliphatic carbocycles. The Morgan fingerprint density at radius 2 is 2.12 bits per heavy atom. The fourth-order valence-corrected chi connectivity index (χ4v) is 3.30. The zero-order valence-electron chi connectivity index (χ0n) is 10.9. The highest BCUT2D eigenvalue weighted by atomic mass is 16.6. The van der Waals surface area contributed by atoms with Gasteiger partial charge in [0.2, 0.25) is 0 Å². The average Bonchev–Trinajstić information content (AvgIpc) is 2.68. The molecule has 2 aliphatic rings. The lowest BCUT2D eigenvalue weighted by molar-refractivity contribution is 0.0737. The first-order chi connectivity index (χ1) is 8.24. The van der Waals surface area contributed by atoms with E-state index in [9.17, 15) is 4.79 Å². The van der Waals surface area contributed by atoms with Crippen LogP contribution in [0.3, 0.4) is 0 Å². The maximum atomic E-state index is 12.0. The lowest BCUT2D eigenvalue weighted by Gasteiger charge is -2.40. The average molecular weight is 238 g/mol. The third-order valence-electron chi connectivity index (χ3n) is 4.06. The minimum atomic E-state index is -0.159. The van der Waals surface area contributed by atoms with E-state index < -0.39 is 0 Å². The van der Waals surface area contributed by atoms with Gasteiger partial charge in [-0.2, -0.15) is 0 Å². The van der Waals surface area contributed by atoms with E-state index in [1.54, 1.807) is 0 Å². The van der Waals surface area contributed by atoms with Crippen LogP contribution in [0.15, 0.2) is 4.99 Å². The smallest absolute Gasteiger partial charge is 0.410 e. The largest absolute Gasteiger partial charge is 0.450 e. The van der Waals surface area contributed by atoms with Gasteiger partial charge in [-0.1, -0.05) is 19.3 Å². The monoisotopic (exact) mass is 238 g/mol. The van der Waals surface area contributed by atoms with Crippen LogP contribution in [0.1, 0.15) is 45.4 Å². The standard InChI is InChI=1S/C13H22N2O2/c1-3-17-12(16)15-10-7-11(14-2)13(15)8-5-4-6-9-13/h3-10H2,1-2H3. The van der Waals surface area contributed by atoms with Crippen LogP contribution in [-0.4, -0.2) is 42.4 Å². The van der Waals surface area contributed by atoms with Gasteiger partial charge in [-0.05, 0) is 19.8 Å². The van der Waals surface area contributed by atoms with Gasteiger partial charge in [0.05, 0.1) is 12.1 Å². The summed E-state index contributed by atoms with van der Waals surface area (Å²) in [6.07, 6.45) is 6.51. The molecular weight excluding hydrogens is 216 g/mol. The van der Waals surface area contributed by atoms with Crippen LogP contribution in [-0.2, 0) is 4.74 Å². The summed E-state index contributed by atoms with van der Waals surface area (Å²) < 4.78 is 5.18. The van der Waals surface area contributed by atoms with Gasteiger partial charge in [-0.25, -0.2) is 4.79 Å². The summed E-state index contributed by atoms with van der Waals surface area (Å²) in [7, 11) is 1.85. The Hall–Kier alpha value is -1.06. The molecule has 2 rings (SSSR count). The molecule has 4 heteroatoms. The number of hydrogen-bond acceptors (Lipinski definition) is 3. The number of likely N-dealkylation sites (tertiary alicyclic amines) is 1. The second-order valence-corrected chi connectivity index (χ2v) is 4.86. The first-order valence-electron chi connectivity index (χ1n) is 6.65. The molecular formula is C13H22N2O2. The minimum absolute atomic E-state index is 0.112. The first kappa shape index (κ1) is 12.4. The molecule has 1 aliphatic heterocycles. The van der Waals surface area contributed by atoms with Gasteiger partial charge in [-0.3, -0.25) is 9.89 Å². The molecule has 1 saturated carbocycles. The Morgan fingerprint density at radius 1 is 1.41 bits per heavy atom. The second kappa shape index (κ2) is 5.07. The van der Waals surface area contributed by atoms with Crippen molar-refractivity contribution in [2.75, 3.05) is 20.2 Å². The molecule has 0 atom stereocenters. The lowest BCUT2D eigenvalue weighted by atomic mass is 9.78. The van der Waals surface area contributed by atoms with E-state index in [1.165, 1.54) is 25.0 Å². The van der Waals surface area contributed by atoms with E-state index in [-0.39, 0.29) is 11.6 Å². The van der Waals surface area contributed by atoms with Gasteiger partial charge >= 0.3 is 6.09 Å². The van der Waals surface area contributed by atoms with Gasteiger partial charge in [0.1, 0.15) is 0 Å². The Balaban J connectivity index is 2.23. The Labute approximate surface area is 103 Å². The van der Waals surface area contributed by atoms with Crippen LogP contribution in [0.4, 0.5) is 4.79 Å². The first-order valence-corrected chi connectivity index (χ1v) is 6.65. The van der Waals surface area contributed by atoms with Gasteiger partial charge in [0.25, 0.3) is 0 Å². The third-order valence-corrected chi connectivity index (χ3v) is 4.06. The second-order valence-electron chi connectivity index (χ2n) is 4.86. The summed E-state index contributed by atoms with van der Waals surface area (Å²) in [5, 5.41) is 0. The summed E-state index contributed by atoms with van der Waals surface area (Å²) in [5.74, 6) is 0. The van der Waals surface area contributed by atoms with Crippen molar-refractivity contribution < 1.29 is 9.53 Å². The quantitative estimate of drug-likeness (QED) is 0.704. The van der Waals surface area contributed by atoms with Gasteiger partial charge in [0.15, 0.2) is 0 Å². The molecule has 1 saturated heterocycles. The van der Waals surface area contributed by atoms with E-state index in [4.69, 9.17) is 4.74 Å². The van der Waals surface area contributed by atoms with Crippen molar-refractivity contribution in [3.05, 3.63) is 0 Å². The Kier molecular flexibility index (Phi) is 3.69. The predicted molar refractivity (Wildman–Crippen MR) is 67.5 cm³/mol. The van der Waals surface area contributed by atoms with Crippen LogP contribution in [0.2, 0.25) is 0 Å². The molecule has 0 aromatic carbocycles. The molecule has 0 unspecified atom stereocenters.